The first kappa shape index (κ1) is 9.14. The molecule has 2 nitrogen and oxygen atoms in total. The van der Waals surface area contributed by atoms with Crippen LogP contribution in [-0.4, -0.2) is 32.4 Å². The van der Waals surface area contributed by atoms with E-state index in [1.807, 2.05) is 0 Å². The summed E-state index contributed by atoms with van der Waals surface area (Å²) >= 11 is 0. The van der Waals surface area contributed by atoms with E-state index in [4.69, 9.17) is 0 Å². The second kappa shape index (κ2) is 4.97. The van der Waals surface area contributed by atoms with Crippen LogP contribution in [-0.2, 0) is 0 Å². The van der Waals surface area contributed by atoms with Gasteiger partial charge < -0.3 is 10.6 Å². The molecule has 0 amide bonds. The van der Waals surface area contributed by atoms with E-state index in [-0.39, 0.29) is 25.1 Å². The fraction of sp³-hybridized carbons (Fsp3) is 1.00. The summed E-state index contributed by atoms with van der Waals surface area (Å²) in [7, 11) is 0. The molecule has 9 heavy (non-hydrogen) atoms. The molecule has 0 aliphatic carbocycles. The predicted molar refractivity (Wildman–Crippen MR) is 37.9 cm³/mol. The zero-order valence-electron chi connectivity index (χ0n) is 5.19. The van der Waals surface area contributed by atoms with Gasteiger partial charge in [-0.05, 0) is 0 Å². The minimum absolute atomic E-state index is 0. The van der Waals surface area contributed by atoms with Gasteiger partial charge in [-0.1, -0.05) is 0 Å². The minimum atomic E-state index is -0.257. The van der Waals surface area contributed by atoms with Gasteiger partial charge >= 0.3 is 0 Å². The summed E-state index contributed by atoms with van der Waals surface area (Å²) in [5, 5.41) is 6.11. The van der Waals surface area contributed by atoms with Crippen molar-refractivity contribution in [1.82, 2.24) is 10.6 Å². The van der Waals surface area contributed by atoms with Gasteiger partial charge in [0.15, 0.2) is 0 Å². The predicted octanol–water partition coefficient (Wildman–Crippen LogP) is -0.0609. The summed E-state index contributed by atoms with van der Waals surface area (Å²) in [6, 6.07) is 0.0590. The standard InChI is InChI=1S/C5H11FN2.ClH/c6-3-5-4-7-1-2-8-5;/h5,7-8H,1-4H2;1H/t5-;/m0./s1. The fourth-order valence-electron chi connectivity index (χ4n) is 0.822. The van der Waals surface area contributed by atoms with Gasteiger partial charge in [0.2, 0.25) is 0 Å². The van der Waals surface area contributed by atoms with Gasteiger partial charge in [0.25, 0.3) is 0 Å². The third-order valence-corrected chi connectivity index (χ3v) is 1.31. The molecule has 0 bridgehead atoms. The summed E-state index contributed by atoms with van der Waals surface area (Å²) in [5.74, 6) is 0. The quantitative estimate of drug-likeness (QED) is 0.553. The van der Waals surface area contributed by atoms with Gasteiger partial charge in [0.05, 0.1) is 0 Å². The van der Waals surface area contributed by atoms with Crippen LogP contribution in [0.1, 0.15) is 0 Å². The fourth-order valence-corrected chi connectivity index (χ4v) is 0.822. The molecule has 0 aromatic rings. The molecule has 1 atom stereocenters. The van der Waals surface area contributed by atoms with E-state index in [1.54, 1.807) is 0 Å². The van der Waals surface area contributed by atoms with Crippen molar-refractivity contribution in [1.29, 1.82) is 0 Å². The number of hydrogen-bond acceptors (Lipinski definition) is 2. The van der Waals surface area contributed by atoms with Gasteiger partial charge in [-0.15, -0.1) is 12.4 Å². The summed E-state index contributed by atoms with van der Waals surface area (Å²) in [5.41, 5.74) is 0. The molecule has 0 aromatic carbocycles. The summed E-state index contributed by atoms with van der Waals surface area (Å²) in [6.45, 7) is 2.38. The van der Waals surface area contributed by atoms with Gasteiger partial charge in [0.1, 0.15) is 6.67 Å². The Labute approximate surface area is 60.6 Å². The van der Waals surface area contributed by atoms with Crippen molar-refractivity contribution in [2.75, 3.05) is 26.3 Å². The number of piperazine rings is 1. The summed E-state index contributed by atoms with van der Waals surface area (Å²) < 4.78 is 11.8. The number of rotatable bonds is 1. The zero-order chi connectivity index (χ0) is 5.82. The Balaban J connectivity index is 0.000000640. The highest BCUT2D eigenvalue weighted by Gasteiger charge is 2.09. The molecule has 1 aliphatic rings. The SMILES string of the molecule is Cl.FC[C@H]1CNCCN1. The third kappa shape index (κ3) is 2.98. The molecule has 56 valence electrons. The van der Waals surface area contributed by atoms with Gasteiger partial charge in [-0.3, -0.25) is 0 Å². The van der Waals surface area contributed by atoms with Crippen LogP contribution < -0.4 is 10.6 Å². The van der Waals surface area contributed by atoms with Crippen molar-refractivity contribution in [2.24, 2.45) is 0 Å². The van der Waals surface area contributed by atoms with Crippen LogP contribution in [0.25, 0.3) is 0 Å². The molecular formula is C5H12ClFN2. The van der Waals surface area contributed by atoms with Crippen LogP contribution >= 0.6 is 12.4 Å². The minimum Gasteiger partial charge on any atom is -0.314 e. The molecule has 2 N–H and O–H groups in total. The van der Waals surface area contributed by atoms with Gasteiger partial charge in [0, 0.05) is 25.7 Å². The first-order valence-corrected chi connectivity index (χ1v) is 2.93. The Morgan fingerprint density at radius 3 is 2.56 bits per heavy atom. The number of halogens is 2. The Bertz CT molecular complexity index is 66.0. The molecule has 1 aliphatic heterocycles. The molecule has 0 spiro atoms. The van der Waals surface area contributed by atoms with Gasteiger partial charge in [-0.25, -0.2) is 4.39 Å². The van der Waals surface area contributed by atoms with Crippen molar-refractivity contribution in [2.45, 2.75) is 6.04 Å². The molecule has 1 heterocycles. The molecular weight excluding hydrogens is 143 g/mol. The average Bonchev–Trinajstić information content (AvgIpc) is 1.90. The van der Waals surface area contributed by atoms with E-state index >= 15 is 0 Å². The van der Waals surface area contributed by atoms with E-state index in [2.05, 4.69) is 10.6 Å². The number of nitrogens with one attached hydrogen (secondary N) is 2. The molecule has 1 saturated heterocycles. The summed E-state index contributed by atoms with van der Waals surface area (Å²) in [4.78, 5) is 0. The van der Waals surface area contributed by atoms with Crippen LogP contribution in [0.3, 0.4) is 0 Å². The van der Waals surface area contributed by atoms with Crippen molar-refractivity contribution in [3.8, 4) is 0 Å². The molecule has 1 rings (SSSR count). The van der Waals surface area contributed by atoms with E-state index < -0.39 is 0 Å². The molecule has 4 heteroatoms. The number of hydrogen-bond donors (Lipinski definition) is 2. The topological polar surface area (TPSA) is 24.1 Å². The molecule has 1 fully saturated rings. The summed E-state index contributed by atoms with van der Waals surface area (Å²) in [6.07, 6.45) is 0. The van der Waals surface area contributed by atoms with Crippen molar-refractivity contribution in [3.05, 3.63) is 0 Å². The van der Waals surface area contributed by atoms with Crippen molar-refractivity contribution < 1.29 is 4.39 Å². The number of alkyl halides is 1. The Kier molecular flexibility index (Phi) is 5.04. The highest BCUT2D eigenvalue weighted by molar-refractivity contribution is 5.85. The second-order valence-corrected chi connectivity index (χ2v) is 2.01. The lowest BCUT2D eigenvalue weighted by Crippen LogP contribution is -2.49. The Morgan fingerprint density at radius 1 is 1.44 bits per heavy atom. The zero-order valence-corrected chi connectivity index (χ0v) is 6.01. The highest BCUT2D eigenvalue weighted by Crippen LogP contribution is 1.85. The lowest BCUT2D eigenvalue weighted by Gasteiger charge is -2.21. The van der Waals surface area contributed by atoms with Crippen LogP contribution in [0.5, 0.6) is 0 Å². The normalized spacial score (nSPS) is 27.0. The van der Waals surface area contributed by atoms with Gasteiger partial charge in [-0.2, -0.15) is 0 Å². The largest absolute Gasteiger partial charge is 0.314 e. The van der Waals surface area contributed by atoms with E-state index in [9.17, 15) is 4.39 Å². The lowest BCUT2D eigenvalue weighted by atomic mass is 10.3. The molecule has 0 unspecified atom stereocenters. The van der Waals surface area contributed by atoms with Crippen LogP contribution in [0.4, 0.5) is 4.39 Å². The maximum atomic E-state index is 11.8. The first-order chi connectivity index (χ1) is 3.93. The van der Waals surface area contributed by atoms with E-state index in [0.29, 0.717) is 0 Å². The molecule has 0 radical (unpaired) electrons. The molecule has 0 saturated carbocycles. The lowest BCUT2D eigenvalue weighted by molar-refractivity contribution is 0.333. The van der Waals surface area contributed by atoms with Crippen molar-refractivity contribution in [3.63, 3.8) is 0 Å². The maximum Gasteiger partial charge on any atom is 0.106 e. The van der Waals surface area contributed by atoms with Crippen LogP contribution in [0.2, 0.25) is 0 Å². The second-order valence-electron chi connectivity index (χ2n) is 2.01. The van der Waals surface area contributed by atoms with E-state index in [1.165, 1.54) is 0 Å². The monoisotopic (exact) mass is 154 g/mol. The van der Waals surface area contributed by atoms with E-state index in [0.717, 1.165) is 19.6 Å². The smallest absolute Gasteiger partial charge is 0.106 e. The van der Waals surface area contributed by atoms with Crippen molar-refractivity contribution >= 4 is 12.4 Å². The average molecular weight is 155 g/mol. The van der Waals surface area contributed by atoms with Crippen LogP contribution in [0, 0.1) is 0 Å². The highest BCUT2D eigenvalue weighted by atomic mass is 35.5. The first-order valence-electron chi connectivity index (χ1n) is 2.93. The maximum absolute atomic E-state index is 11.8. The third-order valence-electron chi connectivity index (χ3n) is 1.31. The Hall–Kier alpha value is 0.140. The van der Waals surface area contributed by atoms with Crippen LogP contribution in [0.15, 0.2) is 0 Å². The Morgan fingerprint density at radius 2 is 2.22 bits per heavy atom. The molecule has 0 aromatic heterocycles.